The molecule has 0 aliphatic carbocycles. The zero-order valence-electron chi connectivity index (χ0n) is 20.6. The summed E-state index contributed by atoms with van der Waals surface area (Å²) in [5, 5.41) is 17.1. The number of rotatable bonds is 6. The van der Waals surface area contributed by atoms with E-state index >= 15 is 0 Å². The fourth-order valence-corrected chi connectivity index (χ4v) is 4.16. The summed E-state index contributed by atoms with van der Waals surface area (Å²) in [5.74, 6) is 0.0165. The van der Waals surface area contributed by atoms with E-state index in [1.165, 1.54) is 11.9 Å². The molecule has 4 rings (SSSR count). The molecule has 14 heteroatoms. The lowest BCUT2D eigenvalue weighted by molar-refractivity contribution is -0.143. The predicted octanol–water partition coefficient (Wildman–Crippen LogP) is 5.17. The lowest BCUT2D eigenvalue weighted by Gasteiger charge is -2.24. The number of halogens is 6. The maximum Gasteiger partial charge on any atom is 0.416 e. The molecule has 0 spiro atoms. The molecule has 0 aliphatic heterocycles. The first-order chi connectivity index (χ1) is 17.1. The molecule has 0 saturated carbocycles. The largest absolute Gasteiger partial charge is 0.416 e. The third kappa shape index (κ3) is 5.52. The molecule has 1 aromatic carbocycles. The molecule has 4 aromatic rings. The van der Waals surface area contributed by atoms with Gasteiger partial charge >= 0.3 is 12.4 Å². The lowest BCUT2D eigenvalue weighted by atomic mass is 10.0. The molecule has 0 saturated heterocycles. The number of hydrogen-bond donors (Lipinski definition) is 0. The highest BCUT2D eigenvalue weighted by atomic mass is 19.4. The SMILES string of the molecule is Cc1nn(C)c2nc(C(C)C)c(CN(Cc3cc(C(F)(F)F)cc(C(F)(F)F)c3)c3nnn(C)n3)cc12. The van der Waals surface area contributed by atoms with E-state index in [4.69, 9.17) is 4.98 Å². The van der Waals surface area contributed by atoms with Crippen molar-refractivity contribution in [3.05, 3.63) is 57.9 Å². The number of anilines is 1. The van der Waals surface area contributed by atoms with Crippen LogP contribution in [0.3, 0.4) is 0 Å². The van der Waals surface area contributed by atoms with E-state index in [0.717, 1.165) is 15.9 Å². The second-order valence-electron chi connectivity index (χ2n) is 9.12. The van der Waals surface area contributed by atoms with Gasteiger partial charge in [-0.2, -0.15) is 36.2 Å². The van der Waals surface area contributed by atoms with Crippen LogP contribution in [0.5, 0.6) is 0 Å². The van der Waals surface area contributed by atoms with Crippen LogP contribution in [0.25, 0.3) is 11.0 Å². The van der Waals surface area contributed by atoms with Gasteiger partial charge < -0.3 is 4.90 Å². The summed E-state index contributed by atoms with van der Waals surface area (Å²) in [7, 11) is 3.28. The molecule has 0 bridgehead atoms. The Morgan fingerprint density at radius 2 is 1.51 bits per heavy atom. The van der Waals surface area contributed by atoms with Gasteiger partial charge in [-0.1, -0.05) is 18.9 Å². The van der Waals surface area contributed by atoms with Crippen LogP contribution in [0.1, 0.15) is 53.4 Å². The molecule has 198 valence electrons. The fourth-order valence-electron chi connectivity index (χ4n) is 4.16. The third-order valence-corrected chi connectivity index (χ3v) is 5.82. The van der Waals surface area contributed by atoms with Crippen molar-refractivity contribution in [2.45, 2.75) is 52.1 Å². The Labute approximate surface area is 207 Å². The standard InChI is InChI=1S/C23H24F6N8/c1-12(2)19-15(8-18-13(3)32-35(4)20(18)30-19)11-37(21-31-34-36(5)33-21)10-14-6-16(22(24,25)26)9-17(7-14)23(27,28)29/h6-9,12H,10-11H2,1-5H3. The highest BCUT2D eigenvalue weighted by Crippen LogP contribution is 2.37. The van der Waals surface area contributed by atoms with Crippen LogP contribution in [0.2, 0.25) is 0 Å². The average Bonchev–Trinajstić information content (AvgIpc) is 3.33. The lowest BCUT2D eigenvalue weighted by Crippen LogP contribution is -2.25. The molecule has 0 amide bonds. The van der Waals surface area contributed by atoms with Gasteiger partial charge in [-0.05, 0) is 53.4 Å². The van der Waals surface area contributed by atoms with Gasteiger partial charge in [0.2, 0.25) is 0 Å². The maximum atomic E-state index is 13.4. The van der Waals surface area contributed by atoms with Crippen molar-refractivity contribution in [1.82, 2.24) is 35.0 Å². The molecule has 3 heterocycles. The zero-order valence-corrected chi connectivity index (χ0v) is 20.6. The van der Waals surface area contributed by atoms with E-state index in [2.05, 4.69) is 20.5 Å². The minimum absolute atomic E-state index is 0.0309. The van der Waals surface area contributed by atoms with Crippen molar-refractivity contribution in [3.8, 4) is 0 Å². The first kappa shape index (κ1) is 26.4. The van der Waals surface area contributed by atoms with Gasteiger partial charge in [-0.3, -0.25) is 4.68 Å². The van der Waals surface area contributed by atoms with Crippen molar-refractivity contribution in [2.24, 2.45) is 14.1 Å². The van der Waals surface area contributed by atoms with Crippen LogP contribution < -0.4 is 4.90 Å². The molecule has 0 fully saturated rings. The number of pyridine rings is 1. The van der Waals surface area contributed by atoms with Gasteiger partial charge in [-0.15, -0.1) is 5.10 Å². The predicted molar refractivity (Wildman–Crippen MR) is 122 cm³/mol. The fraction of sp³-hybridized carbons (Fsp3) is 0.435. The summed E-state index contributed by atoms with van der Waals surface area (Å²) in [6.07, 6.45) is -9.91. The zero-order chi connectivity index (χ0) is 27.3. The monoisotopic (exact) mass is 526 g/mol. The molecular weight excluding hydrogens is 502 g/mol. The van der Waals surface area contributed by atoms with Crippen LogP contribution in [-0.4, -0.2) is 35.0 Å². The van der Waals surface area contributed by atoms with Gasteiger partial charge in [0.25, 0.3) is 5.95 Å². The van der Waals surface area contributed by atoms with E-state index in [-0.39, 0.29) is 36.6 Å². The Morgan fingerprint density at radius 3 is 2.03 bits per heavy atom. The molecule has 0 N–H and O–H groups in total. The Bertz CT molecular complexity index is 1400. The smallest absolute Gasteiger partial charge is 0.329 e. The topological polar surface area (TPSA) is 77.5 Å². The summed E-state index contributed by atoms with van der Waals surface area (Å²) in [6.45, 7) is 5.43. The van der Waals surface area contributed by atoms with Crippen molar-refractivity contribution in [3.63, 3.8) is 0 Å². The van der Waals surface area contributed by atoms with Gasteiger partial charge in [-0.25, -0.2) is 4.98 Å². The van der Waals surface area contributed by atoms with Crippen LogP contribution in [-0.2, 0) is 39.5 Å². The van der Waals surface area contributed by atoms with Gasteiger partial charge in [0.05, 0.1) is 29.6 Å². The second kappa shape index (κ2) is 9.30. The number of aryl methyl sites for hydroxylation is 3. The van der Waals surface area contributed by atoms with E-state index in [1.807, 2.05) is 26.8 Å². The number of aromatic nitrogens is 7. The molecule has 8 nitrogen and oxygen atoms in total. The van der Waals surface area contributed by atoms with E-state index in [1.54, 1.807) is 11.7 Å². The van der Waals surface area contributed by atoms with E-state index in [0.29, 0.717) is 29.0 Å². The van der Waals surface area contributed by atoms with Gasteiger partial charge in [0.1, 0.15) is 0 Å². The molecule has 0 unspecified atom stereocenters. The number of fused-ring (bicyclic) bond motifs is 1. The normalized spacial score (nSPS) is 12.6. The summed E-state index contributed by atoms with van der Waals surface area (Å²) in [4.78, 5) is 7.40. The Hall–Kier alpha value is -3.71. The molecule has 0 radical (unpaired) electrons. The van der Waals surface area contributed by atoms with E-state index < -0.39 is 23.5 Å². The summed E-state index contributed by atoms with van der Waals surface area (Å²) in [6, 6.07) is 3.40. The second-order valence-corrected chi connectivity index (χ2v) is 9.12. The maximum absolute atomic E-state index is 13.4. The quantitative estimate of drug-likeness (QED) is 0.323. The van der Waals surface area contributed by atoms with Crippen LogP contribution in [0.4, 0.5) is 32.3 Å². The summed E-state index contributed by atoms with van der Waals surface area (Å²) >= 11 is 0. The van der Waals surface area contributed by atoms with Crippen LogP contribution >= 0.6 is 0 Å². The summed E-state index contributed by atoms with van der Waals surface area (Å²) in [5.41, 5.74) is -0.145. The first-order valence-corrected chi connectivity index (χ1v) is 11.2. The molecule has 3 aromatic heterocycles. The van der Waals surface area contributed by atoms with Crippen molar-refractivity contribution < 1.29 is 26.3 Å². The highest BCUT2D eigenvalue weighted by Gasteiger charge is 2.37. The third-order valence-electron chi connectivity index (χ3n) is 5.82. The minimum Gasteiger partial charge on any atom is -0.329 e. The minimum atomic E-state index is -4.96. The number of tetrazole rings is 1. The number of hydrogen-bond acceptors (Lipinski definition) is 6. The van der Waals surface area contributed by atoms with Gasteiger partial charge in [0.15, 0.2) is 5.65 Å². The molecule has 37 heavy (non-hydrogen) atoms. The molecule has 0 aliphatic rings. The molecular formula is C23H24F6N8. The number of alkyl halides is 6. The Balaban J connectivity index is 1.82. The van der Waals surface area contributed by atoms with Gasteiger partial charge in [0, 0.05) is 25.5 Å². The average molecular weight is 526 g/mol. The Morgan fingerprint density at radius 1 is 0.892 bits per heavy atom. The van der Waals surface area contributed by atoms with Crippen molar-refractivity contribution >= 4 is 17.0 Å². The van der Waals surface area contributed by atoms with Crippen LogP contribution in [0.15, 0.2) is 24.3 Å². The summed E-state index contributed by atoms with van der Waals surface area (Å²) < 4.78 is 82.3. The highest BCUT2D eigenvalue weighted by molar-refractivity contribution is 5.79. The number of benzene rings is 1. The van der Waals surface area contributed by atoms with E-state index in [9.17, 15) is 26.3 Å². The van der Waals surface area contributed by atoms with Crippen molar-refractivity contribution in [1.29, 1.82) is 0 Å². The Kier molecular flexibility index (Phi) is 6.63. The molecule has 0 atom stereocenters. The van der Waals surface area contributed by atoms with Crippen LogP contribution in [0, 0.1) is 6.92 Å². The number of nitrogens with zero attached hydrogens (tertiary/aromatic N) is 8. The van der Waals surface area contributed by atoms with Crippen molar-refractivity contribution in [2.75, 3.05) is 4.90 Å². The first-order valence-electron chi connectivity index (χ1n) is 11.2.